The van der Waals surface area contributed by atoms with Crippen LogP contribution in [-0.4, -0.2) is 38.2 Å². The molecular formula is C24H23N3O4S2. The molecule has 0 unspecified atom stereocenters. The lowest BCUT2D eigenvalue weighted by Gasteiger charge is -2.14. The molecule has 1 aliphatic rings. The van der Waals surface area contributed by atoms with Crippen molar-refractivity contribution in [1.29, 1.82) is 0 Å². The molecule has 1 amide bonds. The van der Waals surface area contributed by atoms with E-state index in [2.05, 4.69) is 11.9 Å². The van der Waals surface area contributed by atoms with Crippen molar-refractivity contribution in [2.75, 3.05) is 13.7 Å². The monoisotopic (exact) mass is 481 g/mol. The van der Waals surface area contributed by atoms with Gasteiger partial charge in [0, 0.05) is 12.7 Å². The van der Waals surface area contributed by atoms with E-state index in [1.165, 1.54) is 29.3 Å². The average molecular weight is 482 g/mol. The van der Waals surface area contributed by atoms with E-state index in [0.29, 0.717) is 32.9 Å². The summed E-state index contributed by atoms with van der Waals surface area (Å²) < 4.78 is 13.3. The first-order valence-electron chi connectivity index (χ1n) is 10.6. The second-order valence-corrected chi connectivity index (χ2v) is 9.03. The van der Waals surface area contributed by atoms with E-state index in [9.17, 15) is 9.59 Å². The molecule has 33 heavy (non-hydrogen) atoms. The number of aromatic nitrogens is 2. The maximum atomic E-state index is 13.4. The summed E-state index contributed by atoms with van der Waals surface area (Å²) in [6.45, 7) is 2.67. The first-order valence-corrected chi connectivity index (χ1v) is 11.8. The normalized spacial score (nSPS) is 15.0. The lowest BCUT2D eigenvalue weighted by Crippen LogP contribution is -2.29. The molecule has 7 nitrogen and oxygen atoms in total. The molecule has 0 spiro atoms. The minimum atomic E-state index is -0.346. The van der Waals surface area contributed by atoms with E-state index in [1.54, 1.807) is 47.5 Å². The van der Waals surface area contributed by atoms with Crippen LogP contribution in [0.15, 0.2) is 58.4 Å². The summed E-state index contributed by atoms with van der Waals surface area (Å²) >= 11 is 6.61. The topological polar surface area (TPSA) is 73.1 Å². The summed E-state index contributed by atoms with van der Waals surface area (Å²) in [5.74, 6) is 0.795. The third kappa shape index (κ3) is 4.79. The first kappa shape index (κ1) is 23.0. The van der Waals surface area contributed by atoms with Gasteiger partial charge in [0.05, 0.1) is 12.0 Å². The number of unbranched alkanes of at least 4 members (excludes halogenated alkanes) is 2. The second-order valence-electron chi connectivity index (χ2n) is 7.36. The maximum absolute atomic E-state index is 13.4. The molecule has 1 fully saturated rings. The van der Waals surface area contributed by atoms with Crippen molar-refractivity contribution in [3.05, 3.63) is 69.5 Å². The Balaban J connectivity index is 1.79. The van der Waals surface area contributed by atoms with Crippen LogP contribution in [0.2, 0.25) is 0 Å². The Kier molecular flexibility index (Phi) is 7.10. The van der Waals surface area contributed by atoms with Gasteiger partial charge in [-0.3, -0.25) is 18.9 Å². The van der Waals surface area contributed by atoms with E-state index >= 15 is 0 Å². The van der Waals surface area contributed by atoms with Gasteiger partial charge in [-0.05, 0) is 36.8 Å². The van der Waals surface area contributed by atoms with Gasteiger partial charge >= 0.3 is 0 Å². The summed E-state index contributed by atoms with van der Waals surface area (Å²) in [5.41, 5.74) is 0.247. The van der Waals surface area contributed by atoms with Crippen molar-refractivity contribution >= 4 is 45.9 Å². The molecular weight excluding hydrogens is 458 g/mol. The highest BCUT2D eigenvalue weighted by molar-refractivity contribution is 8.26. The van der Waals surface area contributed by atoms with Gasteiger partial charge in [0.2, 0.25) is 5.88 Å². The van der Waals surface area contributed by atoms with Crippen LogP contribution in [-0.2, 0) is 4.79 Å². The molecule has 0 N–H and O–H groups in total. The third-order valence-electron chi connectivity index (χ3n) is 5.14. The fraction of sp³-hybridized carbons (Fsp3) is 0.250. The number of hydrogen-bond donors (Lipinski definition) is 0. The summed E-state index contributed by atoms with van der Waals surface area (Å²) in [6, 6.07) is 12.3. The van der Waals surface area contributed by atoms with E-state index < -0.39 is 0 Å². The van der Waals surface area contributed by atoms with Crippen LogP contribution in [0.5, 0.6) is 17.4 Å². The Morgan fingerprint density at radius 2 is 1.85 bits per heavy atom. The highest BCUT2D eigenvalue weighted by Crippen LogP contribution is 2.35. The summed E-state index contributed by atoms with van der Waals surface area (Å²) in [4.78, 5) is 32.9. The second kappa shape index (κ2) is 10.2. The molecule has 9 heteroatoms. The number of para-hydroxylation sites is 2. The first-order chi connectivity index (χ1) is 16.0. The third-order valence-corrected chi connectivity index (χ3v) is 6.52. The summed E-state index contributed by atoms with van der Waals surface area (Å²) in [6.07, 6.45) is 6.10. The zero-order valence-electron chi connectivity index (χ0n) is 18.3. The number of fused-ring (bicyclic) bond motifs is 1. The number of carbonyl (C=O) groups is 1. The molecule has 0 aliphatic carbocycles. The van der Waals surface area contributed by atoms with E-state index in [0.717, 1.165) is 19.3 Å². The molecule has 2 aromatic heterocycles. The van der Waals surface area contributed by atoms with Gasteiger partial charge < -0.3 is 9.47 Å². The predicted octanol–water partition coefficient (Wildman–Crippen LogP) is 4.89. The number of thiocarbonyl (C=S) groups is 1. The molecule has 0 atom stereocenters. The highest BCUT2D eigenvalue weighted by Gasteiger charge is 2.32. The van der Waals surface area contributed by atoms with Crippen LogP contribution < -0.4 is 15.0 Å². The molecule has 1 aliphatic heterocycles. The Morgan fingerprint density at radius 1 is 1.09 bits per heavy atom. The lowest BCUT2D eigenvalue weighted by atomic mass is 10.2. The Morgan fingerprint density at radius 3 is 2.61 bits per heavy atom. The van der Waals surface area contributed by atoms with Crippen molar-refractivity contribution in [3.63, 3.8) is 0 Å². The van der Waals surface area contributed by atoms with E-state index in [-0.39, 0.29) is 22.9 Å². The SMILES string of the molecule is CCCCCN1C(=O)/C(=C\c2c(Oc3ccccc3OC)nc3ccccn3c2=O)SC1=S. The van der Waals surface area contributed by atoms with Gasteiger partial charge in [0.25, 0.3) is 11.5 Å². The molecule has 0 saturated carbocycles. The Hall–Kier alpha value is -3.17. The molecule has 1 aromatic carbocycles. The number of amides is 1. The van der Waals surface area contributed by atoms with Crippen LogP contribution in [0.3, 0.4) is 0 Å². The minimum Gasteiger partial charge on any atom is -0.493 e. The van der Waals surface area contributed by atoms with Gasteiger partial charge in [0.1, 0.15) is 15.5 Å². The predicted molar refractivity (Wildman–Crippen MR) is 134 cm³/mol. The zero-order chi connectivity index (χ0) is 23.4. The molecule has 3 heterocycles. The highest BCUT2D eigenvalue weighted by atomic mass is 32.2. The van der Waals surface area contributed by atoms with Crippen molar-refractivity contribution in [3.8, 4) is 17.4 Å². The largest absolute Gasteiger partial charge is 0.493 e. The van der Waals surface area contributed by atoms with Crippen LogP contribution in [0.4, 0.5) is 0 Å². The zero-order valence-corrected chi connectivity index (χ0v) is 19.9. The van der Waals surface area contributed by atoms with Gasteiger partial charge in [-0.1, -0.05) is 61.9 Å². The molecule has 3 aromatic rings. The van der Waals surface area contributed by atoms with Crippen molar-refractivity contribution in [1.82, 2.24) is 14.3 Å². The summed E-state index contributed by atoms with van der Waals surface area (Å²) in [5, 5.41) is 0. The number of ether oxygens (including phenoxy) is 2. The number of thioether (sulfide) groups is 1. The number of methoxy groups -OCH3 is 1. The van der Waals surface area contributed by atoms with Crippen molar-refractivity contribution < 1.29 is 14.3 Å². The smallest absolute Gasteiger partial charge is 0.269 e. The fourth-order valence-corrected chi connectivity index (χ4v) is 4.73. The fourth-order valence-electron chi connectivity index (χ4n) is 3.43. The van der Waals surface area contributed by atoms with Crippen LogP contribution in [0.25, 0.3) is 11.7 Å². The van der Waals surface area contributed by atoms with Gasteiger partial charge in [-0.15, -0.1) is 0 Å². The maximum Gasteiger partial charge on any atom is 0.269 e. The van der Waals surface area contributed by atoms with Gasteiger partial charge in [-0.25, -0.2) is 0 Å². The molecule has 170 valence electrons. The van der Waals surface area contributed by atoms with Crippen LogP contribution in [0, 0.1) is 0 Å². The number of nitrogens with zero attached hydrogens (tertiary/aromatic N) is 3. The standard InChI is InChI=1S/C24H23N3O4S2/c1-3-4-8-14-27-23(29)19(33-24(27)32)15-16-21(31-18-11-6-5-10-17(18)30-2)25-20-12-7-9-13-26(20)22(16)28/h5-7,9-13,15H,3-4,8,14H2,1-2H3/b19-15+. The number of hydrogen-bond acceptors (Lipinski definition) is 7. The Bertz CT molecular complexity index is 1300. The number of carbonyl (C=O) groups excluding carboxylic acids is 1. The molecule has 1 saturated heterocycles. The van der Waals surface area contributed by atoms with Crippen molar-refractivity contribution in [2.24, 2.45) is 0 Å². The average Bonchev–Trinajstić information content (AvgIpc) is 3.09. The molecule has 0 bridgehead atoms. The molecule has 4 rings (SSSR count). The number of rotatable bonds is 8. The number of benzene rings is 1. The minimum absolute atomic E-state index is 0.0898. The van der Waals surface area contributed by atoms with E-state index in [4.69, 9.17) is 21.7 Å². The summed E-state index contributed by atoms with van der Waals surface area (Å²) in [7, 11) is 1.54. The van der Waals surface area contributed by atoms with Crippen LogP contribution in [0.1, 0.15) is 31.7 Å². The lowest BCUT2D eigenvalue weighted by molar-refractivity contribution is -0.122. The van der Waals surface area contributed by atoms with Gasteiger partial charge in [0.15, 0.2) is 11.5 Å². The van der Waals surface area contributed by atoms with Crippen LogP contribution >= 0.6 is 24.0 Å². The number of pyridine rings is 1. The molecule has 0 radical (unpaired) electrons. The van der Waals surface area contributed by atoms with E-state index in [1.807, 2.05) is 6.07 Å². The Labute approximate surface area is 201 Å². The quantitative estimate of drug-likeness (QED) is 0.258. The van der Waals surface area contributed by atoms with Gasteiger partial charge in [-0.2, -0.15) is 4.98 Å². The van der Waals surface area contributed by atoms with Crippen molar-refractivity contribution in [2.45, 2.75) is 26.2 Å².